The molecule has 1 N–H and O–H groups in total. The van der Waals surface area contributed by atoms with Crippen LogP contribution < -0.4 is 10.9 Å². The van der Waals surface area contributed by atoms with Crippen LogP contribution in [0.1, 0.15) is 16.1 Å². The van der Waals surface area contributed by atoms with Crippen molar-refractivity contribution in [1.82, 2.24) is 5.32 Å². The molecule has 128 valence electrons. The molecule has 4 aromatic rings. The number of rotatable bonds is 4. The van der Waals surface area contributed by atoms with Crippen molar-refractivity contribution in [2.24, 2.45) is 0 Å². The van der Waals surface area contributed by atoms with E-state index in [0.29, 0.717) is 34.6 Å². The van der Waals surface area contributed by atoms with Gasteiger partial charge in [-0.3, -0.25) is 4.79 Å². The summed E-state index contributed by atoms with van der Waals surface area (Å²) in [4.78, 5) is 24.4. The molecule has 0 saturated heterocycles. The van der Waals surface area contributed by atoms with Crippen molar-refractivity contribution in [2.75, 3.05) is 0 Å². The molecule has 2 aromatic heterocycles. The quantitative estimate of drug-likeness (QED) is 0.568. The molecule has 26 heavy (non-hydrogen) atoms. The number of fused-ring (bicyclic) bond motifs is 1. The number of nitrogens with one attached hydrogen (secondary N) is 1. The maximum Gasteiger partial charge on any atom is 0.344 e. The number of amides is 1. The first-order chi connectivity index (χ1) is 12.7. The van der Waals surface area contributed by atoms with Crippen molar-refractivity contribution in [3.05, 3.63) is 94.7 Å². The highest BCUT2D eigenvalue weighted by atomic mass is 16.4. The zero-order valence-electron chi connectivity index (χ0n) is 13.8. The lowest BCUT2D eigenvalue weighted by atomic mass is 10.0. The molecule has 5 nitrogen and oxygen atoms in total. The Hall–Kier alpha value is -3.60. The first kappa shape index (κ1) is 15.9. The number of benzene rings is 2. The van der Waals surface area contributed by atoms with E-state index in [1.807, 2.05) is 18.2 Å². The molecule has 1 amide bonds. The Kier molecular flexibility index (Phi) is 4.11. The van der Waals surface area contributed by atoms with E-state index >= 15 is 0 Å². The van der Waals surface area contributed by atoms with Crippen LogP contribution in [0.3, 0.4) is 0 Å². The van der Waals surface area contributed by atoms with E-state index in [2.05, 4.69) is 5.32 Å². The molecule has 0 atom stereocenters. The monoisotopic (exact) mass is 345 g/mol. The van der Waals surface area contributed by atoms with Gasteiger partial charge in [-0.15, -0.1) is 0 Å². The van der Waals surface area contributed by atoms with E-state index in [1.54, 1.807) is 54.8 Å². The van der Waals surface area contributed by atoms with Crippen LogP contribution in [-0.2, 0) is 6.54 Å². The van der Waals surface area contributed by atoms with E-state index in [9.17, 15) is 9.59 Å². The Balaban J connectivity index is 1.57. The molecule has 0 spiro atoms. The van der Waals surface area contributed by atoms with Crippen molar-refractivity contribution >= 4 is 16.9 Å². The van der Waals surface area contributed by atoms with Gasteiger partial charge in [0.15, 0.2) is 0 Å². The van der Waals surface area contributed by atoms with Crippen molar-refractivity contribution in [2.45, 2.75) is 6.54 Å². The Morgan fingerprint density at radius 2 is 1.77 bits per heavy atom. The maximum absolute atomic E-state index is 12.2. The lowest BCUT2D eigenvalue weighted by Gasteiger charge is -2.06. The molecular formula is C21H15NO4. The van der Waals surface area contributed by atoms with Crippen molar-refractivity contribution < 1.29 is 13.6 Å². The van der Waals surface area contributed by atoms with Gasteiger partial charge in [-0.2, -0.15) is 0 Å². The average molecular weight is 345 g/mol. The third-order valence-electron chi connectivity index (χ3n) is 4.10. The summed E-state index contributed by atoms with van der Waals surface area (Å²) >= 11 is 0. The predicted octanol–water partition coefficient (Wildman–Crippen LogP) is 3.98. The molecule has 0 fully saturated rings. The van der Waals surface area contributed by atoms with Gasteiger partial charge in [0.05, 0.1) is 18.4 Å². The molecule has 2 aromatic carbocycles. The average Bonchev–Trinajstić information content (AvgIpc) is 3.19. The molecule has 0 aliphatic carbocycles. The Morgan fingerprint density at radius 3 is 2.54 bits per heavy atom. The molecule has 0 unspecified atom stereocenters. The van der Waals surface area contributed by atoms with Crippen LogP contribution in [0.25, 0.3) is 22.1 Å². The SMILES string of the molecule is O=C(NCc1ccco1)c1ccc(-c2cc3ccccc3oc2=O)cc1. The number of carbonyl (C=O) groups excluding carboxylic acids is 1. The van der Waals surface area contributed by atoms with Crippen LogP contribution in [-0.4, -0.2) is 5.91 Å². The zero-order chi connectivity index (χ0) is 17.9. The standard InChI is InChI=1S/C21H15NO4/c23-20(22-13-17-5-3-11-25-17)15-9-7-14(8-10-15)18-12-16-4-1-2-6-19(16)26-21(18)24/h1-12H,13H2,(H,22,23). The normalized spacial score (nSPS) is 10.8. The number of carbonyl (C=O) groups is 1. The van der Waals surface area contributed by atoms with Gasteiger partial charge in [0.25, 0.3) is 5.91 Å². The Bertz CT molecular complexity index is 1110. The molecule has 0 radical (unpaired) electrons. The fraction of sp³-hybridized carbons (Fsp3) is 0.0476. The summed E-state index contributed by atoms with van der Waals surface area (Å²) in [7, 11) is 0. The molecule has 0 saturated carbocycles. The summed E-state index contributed by atoms with van der Waals surface area (Å²) in [5.41, 5.74) is 1.82. The summed E-state index contributed by atoms with van der Waals surface area (Å²) in [5.74, 6) is 0.474. The third kappa shape index (κ3) is 3.15. The van der Waals surface area contributed by atoms with E-state index in [4.69, 9.17) is 8.83 Å². The topological polar surface area (TPSA) is 72.5 Å². The molecule has 0 aliphatic heterocycles. The summed E-state index contributed by atoms with van der Waals surface area (Å²) in [6, 6.07) is 19.6. The van der Waals surface area contributed by atoms with Gasteiger partial charge in [-0.05, 0) is 42.0 Å². The van der Waals surface area contributed by atoms with E-state index in [0.717, 1.165) is 5.39 Å². The highest BCUT2D eigenvalue weighted by Crippen LogP contribution is 2.21. The first-order valence-electron chi connectivity index (χ1n) is 8.14. The van der Waals surface area contributed by atoms with Gasteiger partial charge in [0, 0.05) is 10.9 Å². The van der Waals surface area contributed by atoms with Crippen LogP contribution in [0.2, 0.25) is 0 Å². The second-order valence-corrected chi connectivity index (χ2v) is 5.82. The fourth-order valence-electron chi connectivity index (χ4n) is 2.75. The number of hydrogen-bond acceptors (Lipinski definition) is 4. The first-order valence-corrected chi connectivity index (χ1v) is 8.14. The Labute approximate surface area is 148 Å². The van der Waals surface area contributed by atoms with Gasteiger partial charge in [-0.25, -0.2) is 4.79 Å². The lowest BCUT2D eigenvalue weighted by molar-refractivity contribution is 0.0948. The van der Waals surface area contributed by atoms with E-state index in [1.165, 1.54) is 0 Å². The van der Waals surface area contributed by atoms with Crippen LogP contribution in [0.15, 0.2) is 86.6 Å². The second kappa shape index (κ2) is 6.72. The van der Waals surface area contributed by atoms with Crippen LogP contribution in [0.4, 0.5) is 0 Å². The number of hydrogen-bond donors (Lipinski definition) is 1. The molecule has 0 aliphatic rings. The smallest absolute Gasteiger partial charge is 0.344 e. The minimum Gasteiger partial charge on any atom is -0.467 e. The van der Waals surface area contributed by atoms with Gasteiger partial charge >= 0.3 is 5.63 Å². The van der Waals surface area contributed by atoms with Crippen molar-refractivity contribution in [1.29, 1.82) is 0 Å². The third-order valence-corrected chi connectivity index (χ3v) is 4.10. The fourth-order valence-corrected chi connectivity index (χ4v) is 2.75. The number of para-hydroxylation sites is 1. The molecule has 5 heteroatoms. The summed E-state index contributed by atoms with van der Waals surface area (Å²) < 4.78 is 10.5. The maximum atomic E-state index is 12.2. The highest BCUT2D eigenvalue weighted by Gasteiger charge is 2.10. The minimum absolute atomic E-state index is 0.210. The van der Waals surface area contributed by atoms with Crippen LogP contribution >= 0.6 is 0 Å². The predicted molar refractivity (Wildman–Crippen MR) is 97.8 cm³/mol. The summed E-state index contributed by atoms with van der Waals surface area (Å²) in [5, 5.41) is 3.63. The van der Waals surface area contributed by atoms with Gasteiger partial charge < -0.3 is 14.2 Å². The van der Waals surface area contributed by atoms with Crippen LogP contribution in [0.5, 0.6) is 0 Å². The van der Waals surface area contributed by atoms with Crippen molar-refractivity contribution in [3.8, 4) is 11.1 Å². The van der Waals surface area contributed by atoms with Gasteiger partial charge in [-0.1, -0.05) is 30.3 Å². The summed E-state index contributed by atoms with van der Waals surface area (Å²) in [6.45, 7) is 0.321. The molecule has 4 rings (SSSR count). The lowest BCUT2D eigenvalue weighted by Crippen LogP contribution is -2.22. The molecule has 0 bridgehead atoms. The second-order valence-electron chi connectivity index (χ2n) is 5.82. The van der Waals surface area contributed by atoms with E-state index < -0.39 is 5.63 Å². The molecule has 2 heterocycles. The Morgan fingerprint density at radius 1 is 0.962 bits per heavy atom. The summed E-state index contributed by atoms with van der Waals surface area (Å²) in [6.07, 6.45) is 1.56. The minimum atomic E-state index is -0.404. The van der Waals surface area contributed by atoms with Crippen LogP contribution in [0, 0.1) is 0 Å². The van der Waals surface area contributed by atoms with Crippen molar-refractivity contribution in [3.63, 3.8) is 0 Å². The number of furan rings is 1. The zero-order valence-corrected chi connectivity index (χ0v) is 13.8. The largest absolute Gasteiger partial charge is 0.467 e. The molecular weight excluding hydrogens is 330 g/mol. The van der Waals surface area contributed by atoms with Gasteiger partial charge in [0.1, 0.15) is 11.3 Å². The highest BCUT2D eigenvalue weighted by molar-refractivity contribution is 5.94. The van der Waals surface area contributed by atoms with Gasteiger partial charge in [0.2, 0.25) is 0 Å². The van der Waals surface area contributed by atoms with E-state index in [-0.39, 0.29) is 5.91 Å².